The third-order valence-electron chi connectivity index (χ3n) is 1.51. The fraction of sp³-hybridized carbons (Fsp3) is 0.375. The molecule has 1 heteroatoms. The summed E-state index contributed by atoms with van der Waals surface area (Å²) in [6.45, 7) is 6.17. The molecule has 0 amide bonds. The molecule has 0 aromatic carbocycles. The van der Waals surface area contributed by atoms with E-state index in [2.05, 4.69) is 30.7 Å². The molecule has 1 heterocycles. The summed E-state index contributed by atoms with van der Waals surface area (Å²) in [7, 11) is 0. The predicted molar refractivity (Wildman–Crippen MR) is 42.7 cm³/mol. The first-order valence-corrected chi connectivity index (χ1v) is 4.14. The average molecular weight is 139 g/mol. The van der Waals surface area contributed by atoms with Gasteiger partial charge in [0, 0.05) is 0 Å². The molecule has 0 N–H and O–H groups in total. The molecule has 0 saturated carbocycles. The van der Waals surface area contributed by atoms with E-state index < -0.39 is 0 Å². The van der Waals surface area contributed by atoms with Crippen molar-refractivity contribution in [1.29, 1.82) is 0 Å². The zero-order valence-electron chi connectivity index (χ0n) is 5.63. The van der Waals surface area contributed by atoms with E-state index in [-0.39, 0.29) is 0 Å². The quantitative estimate of drug-likeness (QED) is 0.590. The fourth-order valence-electron chi connectivity index (χ4n) is 0.743. The van der Waals surface area contributed by atoms with Gasteiger partial charge in [0.1, 0.15) is 0 Å². The van der Waals surface area contributed by atoms with Gasteiger partial charge in [-0.05, 0) is 41.7 Å². The molecule has 0 bridgehead atoms. The Kier molecular flexibility index (Phi) is 2.29. The molecule has 1 rings (SSSR count). The minimum Gasteiger partial charge on any atom is -0.152 e. The molecule has 1 atom stereocenters. The largest absolute Gasteiger partial charge is 0.152 e. The molecule has 0 aliphatic heterocycles. The Morgan fingerprint density at radius 3 is 3.00 bits per heavy atom. The van der Waals surface area contributed by atoms with Crippen molar-refractivity contribution in [3.63, 3.8) is 0 Å². The van der Waals surface area contributed by atoms with Crippen LogP contribution in [0.25, 0.3) is 0 Å². The van der Waals surface area contributed by atoms with Gasteiger partial charge in [-0.1, -0.05) is 6.92 Å². The van der Waals surface area contributed by atoms with Crippen molar-refractivity contribution in [2.24, 2.45) is 0 Å². The maximum Gasteiger partial charge on any atom is -0.00584 e. The summed E-state index contributed by atoms with van der Waals surface area (Å²) >= 11 is 1.74. The first-order valence-electron chi connectivity index (χ1n) is 3.19. The van der Waals surface area contributed by atoms with Crippen LogP contribution >= 0.6 is 11.3 Å². The summed E-state index contributed by atoms with van der Waals surface area (Å²) in [5.41, 5.74) is 1.38. The minimum absolute atomic E-state index is 0.497. The molecule has 0 fully saturated rings. The third kappa shape index (κ3) is 1.55. The summed E-state index contributed by atoms with van der Waals surface area (Å²) in [4.78, 5) is 0. The van der Waals surface area contributed by atoms with E-state index in [0.29, 0.717) is 5.92 Å². The summed E-state index contributed by atoms with van der Waals surface area (Å²) in [6.07, 6.45) is 1.14. The van der Waals surface area contributed by atoms with Crippen molar-refractivity contribution in [3.8, 4) is 0 Å². The van der Waals surface area contributed by atoms with Gasteiger partial charge in [0.25, 0.3) is 0 Å². The fourth-order valence-corrected chi connectivity index (χ4v) is 1.49. The lowest BCUT2D eigenvalue weighted by Gasteiger charge is -2.02. The topological polar surface area (TPSA) is 0 Å². The highest BCUT2D eigenvalue weighted by molar-refractivity contribution is 7.07. The minimum atomic E-state index is 0.497. The van der Waals surface area contributed by atoms with Gasteiger partial charge in [-0.15, -0.1) is 0 Å². The number of hydrogen-bond acceptors (Lipinski definition) is 1. The Morgan fingerprint density at radius 1 is 1.78 bits per heavy atom. The summed E-state index contributed by atoms with van der Waals surface area (Å²) < 4.78 is 0. The molecule has 0 nitrogen and oxygen atoms in total. The second kappa shape index (κ2) is 3.02. The Balaban J connectivity index is 2.65. The van der Waals surface area contributed by atoms with Crippen LogP contribution in [0.2, 0.25) is 0 Å². The molecule has 0 saturated heterocycles. The van der Waals surface area contributed by atoms with Crippen LogP contribution < -0.4 is 0 Å². The van der Waals surface area contributed by atoms with Gasteiger partial charge in [-0.3, -0.25) is 0 Å². The maximum absolute atomic E-state index is 4.01. The van der Waals surface area contributed by atoms with Gasteiger partial charge in [-0.2, -0.15) is 11.3 Å². The van der Waals surface area contributed by atoms with E-state index in [9.17, 15) is 0 Å². The Morgan fingerprint density at radius 2 is 2.56 bits per heavy atom. The molecule has 1 aromatic heterocycles. The first kappa shape index (κ1) is 6.81. The van der Waals surface area contributed by atoms with Gasteiger partial charge in [0.05, 0.1) is 0 Å². The number of hydrogen-bond donors (Lipinski definition) is 0. The van der Waals surface area contributed by atoms with E-state index in [1.165, 1.54) is 5.56 Å². The molecule has 1 radical (unpaired) electrons. The molecule has 0 aliphatic rings. The second-order valence-electron chi connectivity index (χ2n) is 2.16. The van der Waals surface area contributed by atoms with Crippen LogP contribution in [0.5, 0.6) is 0 Å². The lowest BCUT2D eigenvalue weighted by Crippen LogP contribution is -1.86. The summed E-state index contributed by atoms with van der Waals surface area (Å²) in [5.74, 6) is 0.497. The van der Waals surface area contributed by atoms with Crippen molar-refractivity contribution in [2.45, 2.75) is 19.3 Å². The molecule has 9 heavy (non-hydrogen) atoms. The molecule has 1 aromatic rings. The van der Waals surface area contributed by atoms with Crippen molar-refractivity contribution in [3.05, 3.63) is 29.3 Å². The molecule has 0 spiro atoms. The summed E-state index contributed by atoms with van der Waals surface area (Å²) in [5, 5.41) is 4.27. The zero-order valence-corrected chi connectivity index (χ0v) is 6.45. The second-order valence-corrected chi connectivity index (χ2v) is 2.94. The Labute approximate surface area is 60.5 Å². The van der Waals surface area contributed by atoms with E-state index in [1.54, 1.807) is 11.3 Å². The van der Waals surface area contributed by atoms with E-state index in [0.717, 1.165) is 6.42 Å². The van der Waals surface area contributed by atoms with Crippen LogP contribution in [0.3, 0.4) is 0 Å². The molecule has 0 aliphatic carbocycles. The maximum atomic E-state index is 4.01. The monoisotopic (exact) mass is 139 g/mol. The van der Waals surface area contributed by atoms with Gasteiger partial charge in [-0.25, -0.2) is 0 Å². The normalized spacial score (nSPS) is 13.6. The smallest absolute Gasteiger partial charge is 0.00584 e. The number of rotatable bonds is 2. The van der Waals surface area contributed by atoms with Crippen LogP contribution in [0.1, 0.15) is 24.8 Å². The standard InChI is InChI=1S/C8H11S/c1-3-7(2)8-4-5-9-6-8/h4-7H,2-3H2,1H3. The SMILES string of the molecule is [CH2]C(CC)c1ccsc1. The van der Waals surface area contributed by atoms with Crippen LogP contribution in [-0.2, 0) is 0 Å². The predicted octanol–water partition coefficient (Wildman–Crippen LogP) is 3.08. The summed E-state index contributed by atoms with van der Waals surface area (Å²) in [6, 6.07) is 2.14. The van der Waals surface area contributed by atoms with Crippen LogP contribution in [0.15, 0.2) is 16.8 Å². The highest BCUT2D eigenvalue weighted by atomic mass is 32.1. The zero-order chi connectivity index (χ0) is 6.69. The van der Waals surface area contributed by atoms with Gasteiger partial charge < -0.3 is 0 Å². The Bertz CT molecular complexity index is 153. The van der Waals surface area contributed by atoms with Crippen molar-refractivity contribution < 1.29 is 0 Å². The van der Waals surface area contributed by atoms with Crippen LogP contribution in [0.4, 0.5) is 0 Å². The molecule has 49 valence electrons. The lowest BCUT2D eigenvalue weighted by molar-refractivity contribution is 0.805. The van der Waals surface area contributed by atoms with Gasteiger partial charge >= 0.3 is 0 Å². The van der Waals surface area contributed by atoms with Gasteiger partial charge in [0.2, 0.25) is 0 Å². The van der Waals surface area contributed by atoms with Crippen molar-refractivity contribution in [1.82, 2.24) is 0 Å². The Hall–Kier alpha value is -0.300. The van der Waals surface area contributed by atoms with Crippen LogP contribution in [-0.4, -0.2) is 0 Å². The van der Waals surface area contributed by atoms with Gasteiger partial charge in [0.15, 0.2) is 0 Å². The van der Waals surface area contributed by atoms with Crippen molar-refractivity contribution >= 4 is 11.3 Å². The number of thiophene rings is 1. The van der Waals surface area contributed by atoms with Crippen LogP contribution in [0, 0.1) is 6.92 Å². The van der Waals surface area contributed by atoms with E-state index in [1.807, 2.05) is 0 Å². The van der Waals surface area contributed by atoms with E-state index in [4.69, 9.17) is 0 Å². The molecular weight excluding hydrogens is 128 g/mol. The van der Waals surface area contributed by atoms with Crippen molar-refractivity contribution in [2.75, 3.05) is 0 Å². The highest BCUT2D eigenvalue weighted by Crippen LogP contribution is 2.19. The average Bonchev–Trinajstić information content (AvgIpc) is 2.37. The first-order chi connectivity index (χ1) is 4.34. The highest BCUT2D eigenvalue weighted by Gasteiger charge is 2.00. The third-order valence-corrected chi connectivity index (χ3v) is 2.21. The molecule has 1 unspecified atom stereocenters. The van der Waals surface area contributed by atoms with E-state index >= 15 is 0 Å². The molecular formula is C8H11S. The lowest BCUT2D eigenvalue weighted by atomic mass is 10.0.